The van der Waals surface area contributed by atoms with E-state index in [1.807, 2.05) is 12.1 Å². The average molecular weight is 221 g/mol. The molecule has 0 aromatic heterocycles. The lowest BCUT2D eigenvalue weighted by atomic mass is 9.94. The number of nitrogens with one attached hydrogen (secondary N) is 1. The Bertz CT molecular complexity index is 344. The minimum atomic E-state index is -0.118. The largest absolute Gasteiger partial charge is 0.314 e. The first-order valence-corrected chi connectivity index (χ1v) is 6.15. The van der Waals surface area contributed by atoms with Crippen molar-refractivity contribution in [3.63, 3.8) is 0 Å². The second-order valence-electron chi connectivity index (χ2n) is 5.06. The van der Waals surface area contributed by atoms with Gasteiger partial charge in [-0.05, 0) is 42.4 Å². The molecule has 0 heterocycles. The van der Waals surface area contributed by atoms with Crippen molar-refractivity contribution >= 4 is 0 Å². The van der Waals surface area contributed by atoms with Gasteiger partial charge in [-0.25, -0.2) is 4.39 Å². The Labute approximate surface area is 97.1 Å². The Morgan fingerprint density at radius 2 is 2.12 bits per heavy atom. The second-order valence-corrected chi connectivity index (χ2v) is 5.06. The van der Waals surface area contributed by atoms with Crippen LogP contribution in [0.4, 0.5) is 4.39 Å². The summed E-state index contributed by atoms with van der Waals surface area (Å²) < 4.78 is 13.2. The van der Waals surface area contributed by atoms with E-state index in [1.165, 1.54) is 18.9 Å². The predicted molar refractivity (Wildman–Crippen MR) is 65.0 cm³/mol. The third-order valence-electron chi connectivity index (χ3n) is 3.21. The minimum absolute atomic E-state index is 0.118. The normalized spacial score (nSPS) is 17.8. The van der Waals surface area contributed by atoms with Gasteiger partial charge in [0.15, 0.2) is 0 Å². The van der Waals surface area contributed by atoms with E-state index < -0.39 is 0 Å². The van der Waals surface area contributed by atoms with E-state index in [4.69, 9.17) is 0 Å². The van der Waals surface area contributed by atoms with Gasteiger partial charge in [-0.2, -0.15) is 0 Å². The molecule has 1 aromatic carbocycles. The fraction of sp³-hybridized carbons (Fsp3) is 0.571. The summed E-state index contributed by atoms with van der Waals surface area (Å²) in [5.74, 6) is 1.12. The minimum Gasteiger partial charge on any atom is -0.314 e. The maximum atomic E-state index is 13.2. The first-order chi connectivity index (χ1) is 7.66. The van der Waals surface area contributed by atoms with Crippen LogP contribution in [0.15, 0.2) is 24.3 Å². The number of hydrogen-bond acceptors (Lipinski definition) is 1. The number of halogens is 1. The summed E-state index contributed by atoms with van der Waals surface area (Å²) in [6, 6.07) is 7.56. The number of hydrogen-bond donors (Lipinski definition) is 1. The quantitative estimate of drug-likeness (QED) is 0.804. The molecule has 0 aliphatic heterocycles. The van der Waals surface area contributed by atoms with Crippen LogP contribution < -0.4 is 5.32 Å². The van der Waals surface area contributed by atoms with E-state index >= 15 is 0 Å². The van der Waals surface area contributed by atoms with Crippen LogP contribution >= 0.6 is 0 Å². The van der Waals surface area contributed by atoms with E-state index in [0.29, 0.717) is 12.0 Å². The van der Waals surface area contributed by atoms with Crippen LogP contribution in [0, 0.1) is 11.7 Å². The standard InChI is InChI=1S/C14H20FN/c1-10(2)16-9-14(11-6-7-11)12-4-3-5-13(15)8-12/h3-5,8,10-11,14,16H,6-7,9H2,1-2H3. The summed E-state index contributed by atoms with van der Waals surface area (Å²) in [4.78, 5) is 0. The van der Waals surface area contributed by atoms with Gasteiger partial charge in [0.25, 0.3) is 0 Å². The SMILES string of the molecule is CC(C)NCC(c1cccc(F)c1)C1CC1. The Morgan fingerprint density at radius 1 is 1.38 bits per heavy atom. The van der Waals surface area contributed by atoms with Gasteiger partial charge < -0.3 is 5.32 Å². The Hall–Kier alpha value is -0.890. The van der Waals surface area contributed by atoms with Crippen LogP contribution in [0.3, 0.4) is 0 Å². The van der Waals surface area contributed by atoms with Gasteiger partial charge in [0.2, 0.25) is 0 Å². The molecule has 0 spiro atoms. The fourth-order valence-electron chi connectivity index (χ4n) is 2.16. The molecular weight excluding hydrogens is 201 g/mol. The van der Waals surface area contributed by atoms with Gasteiger partial charge in [0, 0.05) is 12.6 Å². The van der Waals surface area contributed by atoms with Crippen LogP contribution in [-0.4, -0.2) is 12.6 Å². The molecule has 2 heteroatoms. The molecule has 1 unspecified atom stereocenters. The first kappa shape index (κ1) is 11.6. The van der Waals surface area contributed by atoms with E-state index in [0.717, 1.165) is 18.0 Å². The summed E-state index contributed by atoms with van der Waals surface area (Å²) in [5.41, 5.74) is 1.15. The summed E-state index contributed by atoms with van der Waals surface area (Å²) in [6.07, 6.45) is 2.59. The fourth-order valence-corrected chi connectivity index (χ4v) is 2.16. The third-order valence-corrected chi connectivity index (χ3v) is 3.21. The molecule has 2 rings (SSSR count). The third kappa shape index (κ3) is 3.05. The summed E-state index contributed by atoms with van der Waals surface area (Å²) >= 11 is 0. The van der Waals surface area contributed by atoms with Crippen LogP contribution in [0.5, 0.6) is 0 Å². The monoisotopic (exact) mass is 221 g/mol. The van der Waals surface area contributed by atoms with Gasteiger partial charge >= 0.3 is 0 Å². The summed E-state index contributed by atoms with van der Waals surface area (Å²) in [6.45, 7) is 5.26. The molecule has 1 aliphatic rings. The highest BCUT2D eigenvalue weighted by molar-refractivity contribution is 5.23. The highest BCUT2D eigenvalue weighted by Gasteiger charge is 2.32. The molecule has 1 nitrogen and oxygen atoms in total. The average Bonchev–Trinajstić information content (AvgIpc) is 3.02. The van der Waals surface area contributed by atoms with Crippen LogP contribution in [0.2, 0.25) is 0 Å². The molecule has 0 amide bonds. The van der Waals surface area contributed by atoms with Crippen molar-refractivity contribution in [2.75, 3.05) is 6.54 Å². The van der Waals surface area contributed by atoms with Gasteiger partial charge in [-0.15, -0.1) is 0 Å². The van der Waals surface area contributed by atoms with Gasteiger partial charge in [-0.1, -0.05) is 26.0 Å². The molecule has 0 radical (unpaired) electrons. The van der Waals surface area contributed by atoms with E-state index in [-0.39, 0.29) is 5.82 Å². The lowest BCUT2D eigenvalue weighted by Crippen LogP contribution is -2.28. The van der Waals surface area contributed by atoms with Crippen LogP contribution in [0.25, 0.3) is 0 Å². The maximum absolute atomic E-state index is 13.2. The Balaban J connectivity index is 2.06. The Kier molecular flexibility index (Phi) is 3.59. The van der Waals surface area contributed by atoms with Crippen molar-refractivity contribution in [2.24, 2.45) is 5.92 Å². The molecule has 16 heavy (non-hydrogen) atoms. The zero-order valence-electron chi connectivity index (χ0n) is 10.0. The Morgan fingerprint density at radius 3 is 2.69 bits per heavy atom. The van der Waals surface area contributed by atoms with E-state index in [2.05, 4.69) is 19.2 Å². The smallest absolute Gasteiger partial charge is 0.123 e. The zero-order chi connectivity index (χ0) is 11.5. The molecule has 1 aromatic rings. The van der Waals surface area contributed by atoms with Crippen molar-refractivity contribution in [2.45, 2.75) is 38.6 Å². The van der Waals surface area contributed by atoms with Crippen molar-refractivity contribution in [1.29, 1.82) is 0 Å². The molecule has 1 fully saturated rings. The zero-order valence-corrected chi connectivity index (χ0v) is 10.0. The molecule has 0 saturated heterocycles. The van der Waals surface area contributed by atoms with Gasteiger partial charge in [0.05, 0.1) is 0 Å². The first-order valence-electron chi connectivity index (χ1n) is 6.15. The highest BCUT2D eigenvalue weighted by Crippen LogP contribution is 2.42. The molecule has 0 bridgehead atoms. The summed E-state index contributed by atoms with van der Waals surface area (Å²) in [5, 5.41) is 3.46. The highest BCUT2D eigenvalue weighted by atomic mass is 19.1. The van der Waals surface area contributed by atoms with Gasteiger partial charge in [-0.3, -0.25) is 0 Å². The molecule has 1 N–H and O–H groups in total. The van der Waals surface area contributed by atoms with Crippen molar-refractivity contribution in [1.82, 2.24) is 5.32 Å². The molecule has 1 aliphatic carbocycles. The number of benzene rings is 1. The lowest BCUT2D eigenvalue weighted by Gasteiger charge is -2.19. The van der Waals surface area contributed by atoms with Crippen LogP contribution in [-0.2, 0) is 0 Å². The van der Waals surface area contributed by atoms with E-state index in [9.17, 15) is 4.39 Å². The molecular formula is C14H20FN. The lowest BCUT2D eigenvalue weighted by molar-refractivity contribution is 0.494. The van der Waals surface area contributed by atoms with E-state index in [1.54, 1.807) is 6.07 Å². The summed E-state index contributed by atoms with van der Waals surface area (Å²) in [7, 11) is 0. The molecule has 1 saturated carbocycles. The maximum Gasteiger partial charge on any atom is 0.123 e. The topological polar surface area (TPSA) is 12.0 Å². The second kappa shape index (κ2) is 4.96. The van der Waals surface area contributed by atoms with Crippen LogP contribution in [0.1, 0.15) is 38.2 Å². The van der Waals surface area contributed by atoms with Gasteiger partial charge in [0.1, 0.15) is 5.82 Å². The van der Waals surface area contributed by atoms with Crippen molar-refractivity contribution < 1.29 is 4.39 Å². The predicted octanol–water partition coefficient (Wildman–Crippen LogP) is 3.32. The number of rotatable bonds is 5. The van der Waals surface area contributed by atoms with Crippen molar-refractivity contribution in [3.05, 3.63) is 35.6 Å². The molecule has 1 atom stereocenters. The van der Waals surface area contributed by atoms with Crippen molar-refractivity contribution in [3.8, 4) is 0 Å². The molecule has 88 valence electrons.